The maximum absolute atomic E-state index is 6.06. The Kier molecular flexibility index (Phi) is 4.92. The molecule has 1 aromatic carbocycles. The van der Waals surface area contributed by atoms with Gasteiger partial charge < -0.3 is 10.5 Å². The Morgan fingerprint density at radius 3 is 2.73 bits per heavy atom. The van der Waals surface area contributed by atoms with Crippen molar-refractivity contribution < 1.29 is 4.74 Å². The highest BCUT2D eigenvalue weighted by Gasteiger charge is 2.07. The second-order valence-electron chi connectivity index (χ2n) is 3.73. The molecular formula is C12H18ClNO. The van der Waals surface area contributed by atoms with E-state index in [1.54, 1.807) is 7.11 Å². The quantitative estimate of drug-likeness (QED) is 0.839. The molecule has 84 valence electrons. The van der Waals surface area contributed by atoms with E-state index in [-0.39, 0.29) is 0 Å². The predicted octanol–water partition coefficient (Wildman–Crippen LogP) is 3.19. The molecule has 0 aliphatic carbocycles. The van der Waals surface area contributed by atoms with Gasteiger partial charge in [0.15, 0.2) is 0 Å². The summed E-state index contributed by atoms with van der Waals surface area (Å²) in [5.74, 6) is 1.23. The van der Waals surface area contributed by atoms with E-state index in [0.29, 0.717) is 10.9 Å². The summed E-state index contributed by atoms with van der Waals surface area (Å²) >= 11 is 6.06. The van der Waals surface area contributed by atoms with Crippen LogP contribution in [0.1, 0.15) is 31.2 Å². The van der Waals surface area contributed by atoms with E-state index in [9.17, 15) is 0 Å². The first kappa shape index (κ1) is 12.3. The van der Waals surface area contributed by atoms with Crippen molar-refractivity contribution >= 4 is 11.6 Å². The lowest BCUT2D eigenvalue weighted by molar-refractivity contribution is 0.414. The molecule has 0 aromatic heterocycles. The van der Waals surface area contributed by atoms with Crippen molar-refractivity contribution in [3.63, 3.8) is 0 Å². The van der Waals surface area contributed by atoms with Gasteiger partial charge in [0.1, 0.15) is 5.75 Å². The zero-order valence-corrected chi connectivity index (χ0v) is 10.1. The normalized spacial score (nSPS) is 12.5. The molecule has 1 unspecified atom stereocenters. The fourth-order valence-corrected chi connectivity index (χ4v) is 1.85. The minimum Gasteiger partial charge on any atom is -0.495 e. The van der Waals surface area contributed by atoms with Crippen LogP contribution in [0.25, 0.3) is 0 Å². The van der Waals surface area contributed by atoms with Gasteiger partial charge in [0.25, 0.3) is 0 Å². The highest BCUT2D eigenvalue weighted by atomic mass is 35.5. The standard InChI is InChI=1S/C12H18ClNO/c1-9(4-3-7-14)10-5-6-12(15-2)11(13)8-10/h5-6,8-9H,3-4,7,14H2,1-2H3. The van der Waals surface area contributed by atoms with Gasteiger partial charge in [0.05, 0.1) is 12.1 Å². The van der Waals surface area contributed by atoms with Crippen molar-refractivity contribution in [3.05, 3.63) is 28.8 Å². The minimum absolute atomic E-state index is 0.497. The van der Waals surface area contributed by atoms with Crippen LogP contribution < -0.4 is 10.5 Å². The van der Waals surface area contributed by atoms with E-state index in [2.05, 4.69) is 13.0 Å². The molecule has 0 amide bonds. The summed E-state index contributed by atoms with van der Waals surface area (Å²) < 4.78 is 5.11. The molecule has 0 saturated heterocycles. The van der Waals surface area contributed by atoms with Crippen LogP contribution in [0, 0.1) is 0 Å². The first-order valence-electron chi connectivity index (χ1n) is 5.22. The molecule has 2 nitrogen and oxygen atoms in total. The number of halogens is 1. The Balaban J connectivity index is 2.73. The maximum Gasteiger partial charge on any atom is 0.137 e. The SMILES string of the molecule is COc1ccc(C(C)CCCN)cc1Cl. The topological polar surface area (TPSA) is 35.2 Å². The van der Waals surface area contributed by atoms with Gasteiger partial charge in [-0.05, 0) is 43.0 Å². The van der Waals surface area contributed by atoms with Crippen molar-refractivity contribution in [1.29, 1.82) is 0 Å². The summed E-state index contributed by atoms with van der Waals surface area (Å²) in [6, 6.07) is 5.95. The third-order valence-electron chi connectivity index (χ3n) is 2.59. The Labute approximate surface area is 96.4 Å². The molecule has 3 heteroatoms. The van der Waals surface area contributed by atoms with Gasteiger partial charge >= 0.3 is 0 Å². The Morgan fingerprint density at radius 2 is 2.20 bits per heavy atom. The van der Waals surface area contributed by atoms with E-state index in [1.807, 2.05) is 12.1 Å². The van der Waals surface area contributed by atoms with Crippen molar-refractivity contribution in [2.45, 2.75) is 25.7 Å². The fraction of sp³-hybridized carbons (Fsp3) is 0.500. The molecule has 0 bridgehead atoms. The van der Waals surface area contributed by atoms with Crippen LogP contribution in [0.2, 0.25) is 5.02 Å². The maximum atomic E-state index is 6.06. The molecule has 0 saturated carbocycles. The van der Waals surface area contributed by atoms with Crippen LogP contribution >= 0.6 is 11.6 Å². The average molecular weight is 228 g/mol. The van der Waals surface area contributed by atoms with Gasteiger partial charge in [-0.2, -0.15) is 0 Å². The van der Waals surface area contributed by atoms with Gasteiger partial charge in [-0.3, -0.25) is 0 Å². The van der Waals surface area contributed by atoms with Crippen molar-refractivity contribution in [2.75, 3.05) is 13.7 Å². The summed E-state index contributed by atoms with van der Waals surface area (Å²) in [6.07, 6.45) is 2.14. The third kappa shape index (κ3) is 3.40. The fourth-order valence-electron chi connectivity index (χ4n) is 1.58. The summed E-state index contributed by atoms with van der Waals surface area (Å²) in [5, 5.41) is 0.676. The van der Waals surface area contributed by atoms with Crippen molar-refractivity contribution in [2.24, 2.45) is 5.73 Å². The number of ether oxygens (including phenoxy) is 1. The smallest absolute Gasteiger partial charge is 0.137 e. The molecule has 0 fully saturated rings. The van der Waals surface area contributed by atoms with Crippen LogP contribution in [-0.4, -0.2) is 13.7 Å². The van der Waals surface area contributed by atoms with Crippen molar-refractivity contribution in [1.82, 2.24) is 0 Å². The molecule has 2 N–H and O–H groups in total. The Hall–Kier alpha value is -0.730. The number of nitrogens with two attached hydrogens (primary N) is 1. The van der Waals surface area contributed by atoms with Gasteiger partial charge in [-0.15, -0.1) is 0 Å². The molecule has 0 spiro atoms. The largest absolute Gasteiger partial charge is 0.495 e. The number of methoxy groups -OCH3 is 1. The summed E-state index contributed by atoms with van der Waals surface area (Å²) in [4.78, 5) is 0. The number of hydrogen-bond acceptors (Lipinski definition) is 2. The number of hydrogen-bond donors (Lipinski definition) is 1. The molecular weight excluding hydrogens is 210 g/mol. The number of benzene rings is 1. The average Bonchev–Trinajstić information content (AvgIpc) is 2.25. The van der Waals surface area contributed by atoms with E-state index in [1.165, 1.54) is 5.56 Å². The molecule has 0 aliphatic heterocycles. The highest BCUT2D eigenvalue weighted by molar-refractivity contribution is 6.32. The molecule has 0 radical (unpaired) electrons. The van der Waals surface area contributed by atoms with Crippen molar-refractivity contribution in [3.8, 4) is 5.75 Å². The van der Waals surface area contributed by atoms with Crippen LogP contribution in [0.5, 0.6) is 5.75 Å². The van der Waals surface area contributed by atoms with Gasteiger partial charge in [0, 0.05) is 0 Å². The van der Waals surface area contributed by atoms with Crippen LogP contribution in [0.15, 0.2) is 18.2 Å². The van der Waals surface area contributed by atoms with Crippen LogP contribution in [-0.2, 0) is 0 Å². The van der Waals surface area contributed by atoms with Gasteiger partial charge in [-0.25, -0.2) is 0 Å². The Morgan fingerprint density at radius 1 is 1.47 bits per heavy atom. The predicted molar refractivity (Wildman–Crippen MR) is 64.7 cm³/mol. The van der Waals surface area contributed by atoms with Gasteiger partial charge in [0.2, 0.25) is 0 Å². The zero-order valence-electron chi connectivity index (χ0n) is 9.29. The van der Waals surface area contributed by atoms with E-state index >= 15 is 0 Å². The molecule has 0 heterocycles. The third-order valence-corrected chi connectivity index (χ3v) is 2.88. The van der Waals surface area contributed by atoms with Gasteiger partial charge in [-0.1, -0.05) is 24.6 Å². The summed E-state index contributed by atoms with van der Waals surface area (Å²) in [7, 11) is 1.62. The molecule has 1 aromatic rings. The summed E-state index contributed by atoms with van der Waals surface area (Å²) in [6.45, 7) is 2.93. The van der Waals surface area contributed by atoms with Crippen LogP contribution in [0.3, 0.4) is 0 Å². The summed E-state index contributed by atoms with van der Waals surface area (Å²) in [5.41, 5.74) is 6.73. The molecule has 0 aliphatic rings. The molecule has 15 heavy (non-hydrogen) atoms. The highest BCUT2D eigenvalue weighted by Crippen LogP contribution is 2.29. The lowest BCUT2D eigenvalue weighted by atomic mass is 9.96. The van der Waals surface area contributed by atoms with E-state index in [4.69, 9.17) is 22.1 Å². The Bertz CT molecular complexity index is 314. The van der Waals surface area contributed by atoms with Crippen LogP contribution in [0.4, 0.5) is 0 Å². The second-order valence-corrected chi connectivity index (χ2v) is 4.13. The minimum atomic E-state index is 0.497. The lowest BCUT2D eigenvalue weighted by Gasteiger charge is -2.12. The monoisotopic (exact) mass is 227 g/mol. The molecule has 1 atom stereocenters. The van der Waals surface area contributed by atoms with E-state index < -0.39 is 0 Å². The zero-order chi connectivity index (χ0) is 11.3. The second kappa shape index (κ2) is 5.99. The molecule has 1 rings (SSSR count). The van der Waals surface area contributed by atoms with E-state index in [0.717, 1.165) is 25.1 Å². The first-order valence-corrected chi connectivity index (χ1v) is 5.60. The number of rotatable bonds is 5. The first-order chi connectivity index (χ1) is 7.19. The lowest BCUT2D eigenvalue weighted by Crippen LogP contribution is -2.02.